The van der Waals surface area contributed by atoms with Crippen LogP contribution >= 0.6 is 22.7 Å². The van der Waals surface area contributed by atoms with E-state index in [1.807, 2.05) is 18.2 Å². The normalized spacial score (nSPS) is 16.4. The SMILES string of the molecule is CN1CCc2c(sc(NC(=O)c3ccc(S(=O)(=O)N(C)C4CC4)cc3)c2-c2nc3ccccc3s2)C1. The standard InChI is InChI=1S/C26H26N4O3S3/c1-29-14-13-19-22(15-29)35-26(23(19)25-27-20-5-3-4-6-21(20)34-25)28-24(31)16-7-11-18(12-8-16)36(32,33)30(2)17-9-10-17/h3-8,11-12,17H,9-10,13-15H2,1-2H3,(H,28,31). The number of thiazole rings is 1. The first-order valence-electron chi connectivity index (χ1n) is 11.9. The third kappa shape index (κ3) is 4.26. The van der Waals surface area contributed by atoms with E-state index in [9.17, 15) is 13.2 Å². The molecule has 7 nitrogen and oxygen atoms in total. The van der Waals surface area contributed by atoms with Crippen LogP contribution in [0.25, 0.3) is 20.8 Å². The summed E-state index contributed by atoms with van der Waals surface area (Å²) in [4.78, 5) is 21.9. The summed E-state index contributed by atoms with van der Waals surface area (Å²) in [6.45, 7) is 1.80. The Bertz CT molecular complexity index is 1540. The van der Waals surface area contributed by atoms with E-state index in [-0.39, 0.29) is 16.8 Å². The number of para-hydroxylation sites is 1. The van der Waals surface area contributed by atoms with E-state index in [1.54, 1.807) is 41.9 Å². The maximum absolute atomic E-state index is 13.3. The van der Waals surface area contributed by atoms with Gasteiger partial charge in [0.2, 0.25) is 10.0 Å². The highest BCUT2D eigenvalue weighted by atomic mass is 32.2. The molecule has 0 spiro atoms. The molecule has 0 atom stereocenters. The molecule has 0 bridgehead atoms. The Morgan fingerprint density at radius 3 is 2.58 bits per heavy atom. The van der Waals surface area contributed by atoms with E-state index in [0.717, 1.165) is 58.1 Å². The molecule has 2 aromatic carbocycles. The van der Waals surface area contributed by atoms with E-state index in [0.29, 0.717) is 5.56 Å². The number of rotatable bonds is 6. The van der Waals surface area contributed by atoms with Crippen molar-refractivity contribution in [1.82, 2.24) is 14.2 Å². The number of sulfonamides is 1. The second-order valence-corrected chi connectivity index (χ2v) is 13.5. The van der Waals surface area contributed by atoms with Crippen molar-refractivity contribution < 1.29 is 13.2 Å². The lowest BCUT2D eigenvalue weighted by Gasteiger charge is -2.22. The van der Waals surface area contributed by atoms with Gasteiger partial charge < -0.3 is 10.2 Å². The molecule has 10 heteroatoms. The van der Waals surface area contributed by atoms with Crippen molar-refractivity contribution in [2.75, 3.05) is 26.0 Å². The lowest BCUT2D eigenvalue weighted by molar-refractivity contribution is 0.102. The zero-order valence-electron chi connectivity index (χ0n) is 20.0. The number of hydrogen-bond acceptors (Lipinski definition) is 7. The summed E-state index contributed by atoms with van der Waals surface area (Å²) in [5, 5.41) is 4.83. The molecule has 2 aromatic heterocycles. The van der Waals surface area contributed by atoms with E-state index in [1.165, 1.54) is 26.9 Å². The van der Waals surface area contributed by atoms with Crippen LogP contribution in [-0.2, 0) is 23.0 Å². The van der Waals surface area contributed by atoms with E-state index in [2.05, 4.69) is 23.3 Å². The van der Waals surface area contributed by atoms with Gasteiger partial charge in [-0.15, -0.1) is 22.7 Å². The first-order valence-corrected chi connectivity index (χ1v) is 15.0. The van der Waals surface area contributed by atoms with Crippen molar-refractivity contribution in [2.24, 2.45) is 0 Å². The van der Waals surface area contributed by atoms with Gasteiger partial charge in [0.05, 0.1) is 15.1 Å². The summed E-state index contributed by atoms with van der Waals surface area (Å²) < 4.78 is 28.2. The summed E-state index contributed by atoms with van der Waals surface area (Å²) in [6, 6.07) is 14.4. The average molecular weight is 539 g/mol. The van der Waals surface area contributed by atoms with E-state index < -0.39 is 10.0 Å². The van der Waals surface area contributed by atoms with Crippen molar-refractivity contribution >= 4 is 53.8 Å². The molecule has 0 unspecified atom stereocenters. The number of amides is 1. The average Bonchev–Trinajstić information content (AvgIpc) is 3.53. The largest absolute Gasteiger partial charge is 0.313 e. The second-order valence-electron chi connectivity index (χ2n) is 9.41. The Morgan fingerprint density at radius 1 is 1.11 bits per heavy atom. The Labute approximate surface area is 218 Å². The predicted molar refractivity (Wildman–Crippen MR) is 145 cm³/mol. The molecular formula is C26H26N4O3S3. The summed E-state index contributed by atoms with van der Waals surface area (Å²) in [5.74, 6) is -0.260. The molecule has 1 saturated carbocycles. The molecular weight excluding hydrogens is 513 g/mol. The first kappa shape index (κ1) is 23.7. The van der Waals surface area contributed by atoms with Gasteiger partial charge in [0.1, 0.15) is 10.0 Å². The molecule has 1 aliphatic heterocycles. The summed E-state index contributed by atoms with van der Waals surface area (Å²) in [6.07, 6.45) is 2.70. The van der Waals surface area contributed by atoms with Crippen LogP contribution in [0.4, 0.5) is 5.00 Å². The van der Waals surface area contributed by atoms with Gasteiger partial charge in [0.15, 0.2) is 0 Å². The van der Waals surface area contributed by atoms with Crippen LogP contribution in [0.3, 0.4) is 0 Å². The molecule has 1 aliphatic carbocycles. The van der Waals surface area contributed by atoms with Crippen molar-refractivity contribution in [2.45, 2.75) is 36.7 Å². The Hall–Kier alpha value is -2.63. The quantitative estimate of drug-likeness (QED) is 0.372. The lowest BCUT2D eigenvalue weighted by Crippen LogP contribution is -2.29. The Kier molecular flexibility index (Phi) is 5.96. The monoisotopic (exact) mass is 538 g/mol. The number of nitrogens with one attached hydrogen (secondary N) is 1. The molecule has 6 rings (SSSR count). The smallest absolute Gasteiger partial charge is 0.256 e. The fourth-order valence-corrected chi connectivity index (χ4v) is 8.43. The fraction of sp³-hybridized carbons (Fsp3) is 0.308. The number of fused-ring (bicyclic) bond motifs is 2. The third-order valence-electron chi connectivity index (χ3n) is 6.84. The number of carbonyl (C=O) groups is 1. The van der Waals surface area contributed by atoms with Crippen LogP contribution in [-0.4, -0.2) is 55.2 Å². The number of aromatic nitrogens is 1. The van der Waals surface area contributed by atoms with Crippen molar-refractivity contribution in [3.63, 3.8) is 0 Å². The van der Waals surface area contributed by atoms with Gasteiger partial charge >= 0.3 is 0 Å². The highest BCUT2D eigenvalue weighted by Gasteiger charge is 2.35. The predicted octanol–water partition coefficient (Wildman–Crippen LogP) is 5.05. The molecule has 4 aromatic rings. The molecule has 1 amide bonds. The zero-order valence-corrected chi connectivity index (χ0v) is 22.5. The Balaban J connectivity index is 1.32. The molecule has 0 saturated heterocycles. The number of nitrogens with zero attached hydrogens (tertiary/aromatic N) is 3. The van der Waals surface area contributed by atoms with Crippen molar-refractivity contribution in [3.05, 3.63) is 64.5 Å². The van der Waals surface area contributed by atoms with Gasteiger partial charge in [-0.2, -0.15) is 4.31 Å². The van der Waals surface area contributed by atoms with Crippen molar-refractivity contribution in [1.29, 1.82) is 0 Å². The number of likely N-dealkylation sites (N-methyl/N-ethyl adjacent to an activating group) is 1. The lowest BCUT2D eigenvalue weighted by atomic mass is 10.0. The maximum atomic E-state index is 13.3. The topological polar surface area (TPSA) is 82.6 Å². The second kappa shape index (κ2) is 9.04. The molecule has 1 fully saturated rings. The van der Waals surface area contributed by atoms with Gasteiger partial charge in [-0.25, -0.2) is 13.4 Å². The number of carbonyl (C=O) groups excluding carboxylic acids is 1. The Morgan fingerprint density at radius 2 is 1.86 bits per heavy atom. The molecule has 186 valence electrons. The highest BCUT2D eigenvalue weighted by molar-refractivity contribution is 7.89. The summed E-state index contributed by atoms with van der Waals surface area (Å²) in [5.41, 5.74) is 3.65. The van der Waals surface area contributed by atoms with E-state index >= 15 is 0 Å². The number of benzene rings is 2. The van der Waals surface area contributed by atoms with Gasteiger partial charge in [0, 0.05) is 42.2 Å². The fourth-order valence-electron chi connectivity index (χ4n) is 4.58. The van der Waals surface area contributed by atoms with Gasteiger partial charge in [-0.05, 0) is 68.3 Å². The van der Waals surface area contributed by atoms with Crippen LogP contribution in [0.15, 0.2) is 53.4 Å². The number of anilines is 1. The van der Waals surface area contributed by atoms with Crippen molar-refractivity contribution in [3.8, 4) is 10.6 Å². The first-order chi connectivity index (χ1) is 17.3. The van der Waals surface area contributed by atoms with Crippen LogP contribution in [0.5, 0.6) is 0 Å². The maximum Gasteiger partial charge on any atom is 0.256 e. The summed E-state index contributed by atoms with van der Waals surface area (Å²) in [7, 11) is 0.176. The molecule has 2 aliphatic rings. The molecule has 36 heavy (non-hydrogen) atoms. The van der Waals surface area contributed by atoms with Crippen LogP contribution in [0.2, 0.25) is 0 Å². The highest BCUT2D eigenvalue weighted by Crippen LogP contribution is 2.45. The minimum absolute atomic E-state index is 0.0859. The van der Waals surface area contributed by atoms with Gasteiger partial charge in [-0.1, -0.05) is 12.1 Å². The van der Waals surface area contributed by atoms with Crippen LogP contribution < -0.4 is 5.32 Å². The number of hydrogen-bond donors (Lipinski definition) is 1. The van der Waals surface area contributed by atoms with E-state index in [4.69, 9.17) is 4.98 Å². The van der Waals surface area contributed by atoms with Gasteiger partial charge in [-0.3, -0.25) is 4.79 Å². The molecule has 1 N–H and O–H groups in total. The van der Waals surface area contributed by atoms with Gasteiger partial charge in [0.25, 0.3) is 5.91 Å². The molecule has 3 heterocycles. The minimum atomic E-state index is -3.55. The summed E-state index contributed by atoms with van der Waals surface area (Å²) >= 11 is 3.25. The van der Waals surface area contributed by atoms with Crippen LogP contribution in [0, 0.1) is 0 Å². The zero-order chi connectivity index (χ0) is 25.0. The number of thiophene rings is 1. The van der Waals surface area contributed by atoms with Crippen LogP contribution in [0.1, 0.15) is 33.6 Å². The third-order valence-corrected chi connectivity index (χ3v) is 10.9. The molecule has 0 radical (unpaired) electrons. The minimum Gasteiger partial charge on any atom is -0.313 e.